The van der Waals surface area contributed by atoms with E-state index in [1.54, 1.807) is 18.2 Å². The average Bonchev–Trinajstić information content (AvgIpc) is 2.60. The van der Waals surface area contributed by atoms with Gasteiger partial charge in [-0.05, 0) is 26.3 Å². The molecule has 1 atom stereocenters. The molecular formula is C20H30FN3O2. The Morgan fingerprint density at radius 1 is 1.38 bits per heavy atom. The molecule has 5 nitrogen and oxygen atoms in total. The molecular weight excluding hydrogens is 333 g/mol. The molecule has 2 rings (SSSR count). The molecule has 1 aromatic carbocycles. The Morgan fingerprint density at radius 3 is 2.77 bits per heavy atom. The number of nitrogens with one attached hydrogen (secondary N) is 1. The van der Waals surface area contributed by atoms with Crippen LogP contribution in [0.3, 0.4) is 0 Å². The molecule has 0 spiro atoms. The van der Waals surface area contributed by atoms with Crippen LogP contribution < -0.4 is 5.32 Å². The fraction of sp³-hybridized carbons (Fsp3) is 0.600. The van der Waals surface area contributed by atoms with Crippen molar-refractivity contribution in [1.29, 1.82) is 0 Å². The number of unbranched alkanes of at least 4 members (excludes halogenated alkanes) is 1. The highest BCUT2D eigenvalue weighted by Gasteiger charge is 2.33. The van der Waals surface area contributed by atoms with Crippen molar-refractivity contribution in [2.75, 3.05) is 19.6 Å². The molecule has 1 aromatic rings. The SMILES string of the molecule is CCCCN(C(=O)CC1C(=O)NCCN1Cc1ccccc1F)C(C)C. The molecule has 1 heterocycles. The highest BCUT2D eigenvalue weighted by molar-refractivity contribution is 5.89. The standard InChI is InChI=1S/C20H30FN3O2/c1-4-5-11-24(15(2)3)19(25)13-18-20(26)22-10-12-23(18)14-16-8-6-7-9-17(16)21/h6-9,15,18H,4-5,10-14H2,1-3H3,(H,22,26). The van der Waals surface area contributed by atoms with Crippen LogP contribution in [0.2, 0.25) is 0 Å². The van der Waals surface area contributed by atoms with Crippen LogP contribution in [0.15, 0.2) is 24.3 Å². The van der Waals surface area contributed by atoms with Crippen LogP contribution in [0.25, 0.3) is 0 Å². The van der Waals surface area contributed by atoms with Gasteiger partial charge in [-0.25, -0.2) is 4.39 Å². The quantitative estimate of drug-likeness (QED) is 0.772. The van der Waals surface area contributed by atoms with Crippen molar-refractivity contribution in [3.05, 3.63) is 35.6 Å². The highest BCUT2D eigenvalue weighted by atomic mass is 19.1. The molecule has 0 aliphatic carbocycles. The minimum absolute atomic E-state index is 0.0194. The maximum atomic E-state index is 14.0. The first-order chi connectivity index (χ1) is 12.4. The van der Waals surface area contributed by atoms with Crippen molar-refractivity contribution in [3.8, 4) is 0 Å². The van der Waals surface area contributed by atoms with Crippen LogP contribution in [0.1, 0.15) is 45.6 Å². The van der Waals surface area contributed by atoms with Gasteiger partial charge in [-0.1, -0.05) is 31.5 Å². The van der Waals surface area contributed by atoms with Crippen LogP contribution in [-0.2, 0) is 16.1 Å². The lowest BCUT2D eigenvalue weighted by molar-refractivity contribution is -0.140. The van der Waals surface area contributed by atoms with Gasteiger partial charge in [0.25, 0.3) is 0 Å². The zero-order chi connectivity index (χ0) is 19.1. The van der Waals surface area contributed by atoms with E-state index >= 15 is 0 Å². The average molecular weight is 363 g/mol. The number of nitrogens with zero attached hydrogens (tertiary/aromatic N) is 2. The molecule has 1 fully saturated rings. The van der Waals surface area contributed by atoms with Crippen LogP contribution in [0.4, 0.5) is 4.39 Å². The summed E-state index contributed by atoms with van der Waals surface area (Å²) in [5, 5.41) is 2.83. The third-order valence-corrected chi connectivity index (χ3v) is 4.84. The summed E-state index contributed by atoms with van der Waals surface area (Å²) in [5.41, 5.74) is 0.548. The smallest absolute Gasteiger partial charge is 0.237 e. The molecule has 26 heavy (non-hydrogen) atoms. The Morgan fingerprint density at radius 2 is 2.12 bits per heavy atom. The van der Waals surface area contributed by atoms with Gasteiger partial charge in [-0.2, -0.15) is 0 Å². The van der Waals surface area contributed by atoms with Crippen molar-refractivity contribution >= 4 is 11.8 Å². The summed E-state index contributed by atoms with van der Waals surface area (Å²) in [4.78, 5) is 29.0. The second-order valence-electron chi connectivity index (χ2n) is 7.11. The van der Waals surface area contributed by atoms with Crippen molar-refractivity contribution in [2.45, 2.75) is 58.7 Å². The highest BCUT2D eigenvalue weighted by Crippen LogP contribution is 2.18. The van der Waals surface area contributed by atoms with Crippen LogP contribution >= 0.6 is 0 Å². The van der Waals surface area contributed by atoms with Gasteiger partial charge in [0.2, 0.25) is 11.8 Å². The molecule has 6 heteroatoms. The van der Waals surface area contributed by atoms with E-state index in [9.17, 15) is 14.0 Å². The third kappa shape index (κ3) is 5.27. The molecule has 1 saturated heterocycles. The van der Waals surface area contributed by atoms with E-state index in [1.807, 2.05) is 23.6 Å². The molecule has 0 aromatic heterocycles. The van der Waals surface area contributed by atoms with E-state index in [0.717, 1.165) is 12.8 Å². The number of carbonyl (C=O) groups excluding carboxylic acids is 2. The largest absolute Gasteiger partial charge is 0.353 e. The van der Waals surface area contributed by atoms with E-state index in [1.165, 1.54) is 6.07 Å². The lowest BCUT2D eigenvalue weighted by Crippen LogP contribution is -2.56. The Kier molecular flexibility index (Phi) is 7.57. The van der Waals surface area contributed by atoms with Gasteiger partial charge in [0.15, 0.2) is 0 Å². The van der Waals surface area contributed by atoms with Gasteiger partial charge in [0.1, 0.15) is 5.82 Å². The topological polar surface area (TPSA) is 52.7 Å². The van der Waals surface area contributed by atoms with E-state index in [2.05, 4.69) is 12.2 Å². The number of carbonyl (C=O) groups is 2. The van der Waals surface area contributed by atoms with Gasteiger partial charge in [-0.15, -0.1) is 0 Å². The number of hydrogen-bond donors (Lipinski definition) is 1. The first kappa shape index (κ1) is 20.4. The first-order valence-electron chi connectivity index (χ1n) is 9.48. The number of amides is 2. The van der Waals surface area contributed by atoms with Gasteiger partial charge >= 0.3 is 0 Å². The fourth-order valence-corrected chi connectivity index (χ4v) is 3.30. The maximum Gasteiger partial charge on any atom is 0.237 e. The summed E-state index contributed by atoms with van der Waals surface area (Å²) in [6, 6.07) is 6.12. The van der Waals surface area contributed by atoms with Crippen molar-refractivity contribution in [1.82, 2.24) is 15.1 Å². The Bertz CT molecular complexity index is 621. The number of halogens is 1. The Balaban J connectivity index is 2.10. The molecule has 0 bridgehead atoms. The number of rotatable bonds is 8. The van der Waals surface area contributed by atoms with Gasteiger partial charge in [-0.3, -0.25) is 14.5 Å². The zero-order valence-electron chi connectivity index (χ0n) is 16.0. The maximum absolute atomic E-state index is 14.0. The molecule has 2 amide bonds. The Hall–Kier alpha value is -1.95. The summed E-state index contributed by atoms with van der Waals surface area (Å²) >= 11 is 0. The summed E-state index contributed by atoms with van der Waals surface area (Å²) in [6.07, 6.45) is 2.09. The number of piperazine rings is 1. The normalized spacial score (nSPS) is 18.0. The molecule has 0 saturated carbocycles. The van der Waals surface area contributed by atoms with Crippen LogP contribution in [0, 0.1) is 5.82 Å². The molecule has 1 N–H and O–H groups in total. The van der Waals surface area contributed by atoms with Crippen molar-refractivity contribution in [3.63, 3.8) is 0 Å². The second kappa shape index (κ2) is 9.67. The van der Waals surface area contributed by atoms with E-state index in [4.69, 9.17) is 0 Å². The molecule has 0 radical (unpaired) electrons. The monoisotopic (exact) mass is 363 g/mol. The number of hydrogen-bond acceptors (Lipinski definition) is 3. The van der Waals surface area contributed by atoms with Crippen molar-refractivity contribution in [2.24, 2.45) is 0 Å². The molecule has 144 valence electrons. The minimum Gasteiger partial charge on any atom is -0.353 e. The Labute approximate surface area is 155 Å². The first-order valence-corrected chi connectivity index (χ1v) is 9.48. The molecule has 1 unspecified atom stereocenters. The second-order valence-corrected chi connectivity index (χ2v) is 7.11. The third-order valence-electron chi connectivity index (χ3n) is 4.84. The lowest BCUT2D eigenvalue weighted by Gasteiger charge is -2.36. The summed E-state index contributed by atoms with van der Waals surface area (Å²) in [5.74, 6) is -0.454. The summed E-state index contributed by atoms with van der Waals surface area (Å²) in [6.45, 7) is 8.23. The van der Waals surface area contributed by atoms with E-state index < -0.39 is 6.04 Å². The lowest BCUT2D eigenvalue weighted by atomic mass is 10.0. The van der Waals surface area contributed by atoms with Crippen LogP contribution in [-0.4, -0.2) is 53.3 Å². The molecule has 1 aliphatic heterocycles. The summed E-state index contributed by atoms with van der Waals surface area (Å²) < 4.78 is 14.0. The van der Waals surface area contributed by atoms with Gasteiger partial charge in [0.05, 0.1) is 12.5 Å². The summed E-state index contributed by atoms with van der Waals surface area (Å²) in [7, 11) is 0. The van der Waals surface area contributed by atoms with E-state index in [-0.39, 0.29) is 30.1 Å². The van der Waals surface area contributed by atoms with Gasteiger partial charge in [0, 0.05) is 37.8 Å². The molecule has 1 aliphatic rings. The minimum atomic E-state index is -0.557. The van der Waals surface area contributed by atoms with Crippen LogP contribution in [0.5, 0.6) is 0 Å². The van der Waals surface area contributed by atoms with Gasteiger partial charge < -0.3 is 10.2 Å². The predicted molar refractivity (Wildman–Crippen MR) is 100.0 cm³/mol. The van der Waals surface area contributed by atoms with Crippen molar-refractivity contribution < 1.29 is 14.0 Å². The van der Waals surface area contributed by atoms with E-state index in [0.29, 0.717) is 31.7 Å². The fourth-order valence-electron chi connectivity index (χ4n) is 3.30. The number of benzene rings is 1. The zero-order valence-corrected chi connectivity index (χ0v) is 16.0. The predicted octanol–water partition coefficient (Wildman–Crippen LogP) is 2.55.